The summed E-state index contributed by atoms with van der Waals surface area (Å²) < 4.78 is 78.8. The Balaban J connectivity index is 1.85. The summed E-state index contributed by atoms with van der Waals surface area (Å²) in [5.41, 5.74) is 0.251. The van der Waals surface area contributed by atoms with Crippen molar-refractivity contribution < 1.29 is 41.4 Å². The van der Waals surface area contributed by atoms with E-state index in [4.69, 9.17) is 28.6 Å². The van der Waals surface area contributed by atoms with Crippen LogP contribution in [0.25, 0.3) is 5.69 Å². The number of benzene rings is 2. The molecule has 2 amide bonds. The van der Waals surface area contributed by atoms with Gasteiger partial charge in [-0.05, 0) is 42.8 Å². The largest absolute Gasteiger partial charge is 0.416 e. The number of hydrogen-bond acceptors (Lipinski definition) is 6. The van der Waals surface area contributed by atoms with E-state index in [1.807, 2.05) is 0 Å². The maximum absolute atomic E-state index is 13.1. The minimum absolute atomic E-state index is 0.0190. The standard InChI is InChI=1S/C24H22Cl2F6N6O3/c25-14-7-5-13(6-8-14)21(33)37(12-18(40)24(30,31)32)22(41)34-11-19-35-20(10-9-17(39)23(27,28)29)38(36-19)16-4-2-1-3-15(16)26/h1-8,17-18,33,39-40H,9-12H2,(H,34,41)/t17?,18-/m0/s1. The molecule has 0 saturated carbocycles. The van der Waals surface area contributed by atoms with E-state index in [9.17, 15) is 41.4 Å². The summed E-state index contributed by atoms with van der Waals surface area (Å²) in [7, 11) is 0. The highest BCUT2D eigenvalue weighted by molar-refractivity contribution is 6.32. The van der Waals surface area contributed by atoms with Crippen LogP contribution in [0.2, 0.25) is 10.0 Å². The summed E-state index contributed by atoms with van der Waals surface area (Å²) in [4.78, 5) is 17.4. The van der Waals surface area contributed by atoms with Gasteiger partial charge in [0.1, 0.15) is 17.8 Å². The van der Waals surface area contributed by atoms with Gasteiger partial charge in [-0.15, -0.1) is 5.10 Å². The average Bonchev–Trinajstić information content (AvgIpc) is 3.30. The molecule has 2 aromatic carbocycles. The Bertz CT molecular complexity index is 1370. The van der Waals surface area contributed by atoms with Gasteiger partial charge in [-0.25, -0.2) is 14.5 Å². The minimum Gasteiger partial charge on any atom is -0.384 e. The lowest BCUT2D eigenvalue weighted by atomic mass is 10.2. The Hall–Kier alpha value is -3.40. The number of nitrogens with one attached hydrogen (secondary N) is 2. The van der Waals surface area contributed by atoms with Crippen LogP contribution < -0.4 is 5.32 Å². The van der Waals surface area contributed by atoms with Gasteiger partial charge in [0, 0.05) is 17.0 Å². The third-order valence-corrected chi connectivity index (χ3v) is 6.15. The number of aliphatic hydroxyl groups is 2. The molecule has 0 aliphatic rings. The lowest BCUT2D eigenvalue weighted by Crippen LogP contribution is -2.50. The topological polar surface area (TPSA) is 127 Å². The summed E-state index contributed by atoms with van der Waals surface area (Å²) in [5.74, 6) is -0.896. The van der Waals surface area contributed by atoms with Gasteiger partial charge in [-0.2, -0.15) is 26.3 Å². The van der Waals surface area contributed by atoms with Crippen molar-refractivity contribution in [3.63, 3.8) is 0 Å². The molecule has 0 radical (unpaired) electrons. The second-order valence-corrected chi connectivity index (χ2v) is 9.43. The monoisotopic (exact) mass is 626 g/mol. The van der Waals surface area contributed by atoms with Gasteiger partial charge in [-0.1, -0.05) is 35.3 Å². The van der Waals surface area contributed by atoms with Crippen LogP contribution in [-0.2, 0) is 13.0 Å². The molecule has 3 rings (SSSR count). The van der Waals surface area contributed by atoms with E-state index in [-0.39, 0.29) is 32.9 Å². The molecule has 1 heterocycles. The first-order valence-corrected chi connectivity index (χ1v) is 12.4. The number of carbonyl (C=O) groups excluding carboxylic acids is 1. The van der Waals surface area contributed by atoms with Crippen molar-refractivity contribution in [1.82, 2.24) is 25.0 Å². The highest BCUT2D eigenvalue weighted by Gasteiger charge is 2.41. The molecule has 0 aliphatic heterocycles. The number of aromatic nitrogens is 3. The highest BCUT2D eigenvalue weighted by Crippen LogP contribution is 2.26. The van der Waals surface area contributed by atoms with Gasteiger partial charge in [0.05, 0.1) is 23.8 Å². The van der Waals surface area contributed by atoms with E-state index in [1.54, 1.807) is 12.1 Å². The zero-order valence-corrected chi connectivity index (χ0v) is 22.2. The fourth-order valence-corrected chi connectivity index (χ4v) is 3.78. The Morgan fingerprint density at radius 3 is 2.20 bits per heavy atom. The van der Waals surface area contributed by atoms with Gasteiger partial charge >= 0.3 is 18.4 Å². The van der Waals surface area contributed by atoms with Crippen LogP contribution in [-0.4, -0.2) is 72.8 Å². The SMILES string of the molecule is N=C(c1ccc(Cl)cc1)N(C[C@H](O)C(F)(F)F)C(=O)NCc1nc(CCC(O)C(F)(F)F)n(-c2ccccc2Cl)n1. The first-order valence-electron chi connectivity index (χ1n) is 11.7. The Morgan fingerprint density at radius 1 is 1.00 bits per heavy atom. The number of alkyl halides is 6. The van der Waals surface area contributed by atoms with Crippen molar-refractivity contribution in [3.8, 4) is 5.69 Å². The molecule has 0 fully saturated rings. The minimum atomic E-state index is -5.09. The van der Waals surface area contributed by atoms with Crippen molar-refractivity contribution in [2.75, 3.05) is 6.54 Å². The Labute approximate surface area is 238 Å². The van der Waals surface area contributed by atoms with Gasteiger partial charge in [0.2, 0.25) is 0 Å². The number of hydrogen-bond donors (Lipinski definition) is 4. The molecule has 17 heteroatoms. The molecule has 9 nitrogen and oxygen atoms in total. The summed E-state index contributed by atoms with van der Waals surface area (Å²) in [6.07, 6.45) is -16.8. The summed E-state index contributed by atoms with van der Waals surface area (Å²) in [6.45, 7) is -1.85. The summed E-state index contributed by atoms with van der Waals surface area (Å²) in [5, 5.41) is 34.1. The van der Waals surface area contributed by atoms with Crippen molar-refractivity contribution in [1.29, 1.82) is 5.41 Å². The number of urea groups is 1. The summed E-state index contributed by atoms with van der Waals surface area (Å²) >= 11 is 12.0. The van der Waals surface area contributed by atoms with E-state index in [0.717, 1.165) is 4.68 Å². The van der Waals surface area contributed by atoms with Crippen LogP contribution in [0.4, 0.5) is 31.1 Å². The molecule has 0 bridgehead atoms. The van der Waals surface area contributed by atoms with Crippen LogP contribution in [0.3, 0.4) is 0 Å². The molecule has 3 aromatic rings. The normalized spacial score (nSPS) is 13.5. The molecule has 4 N–H and O–H groups in total. The van der Waals surface area contributed by atoms with E-state index in [2.05, 4.69) is 15.4 Å². The summed E-state index contributed by atoms with van der Waals surface area (Å²) in [6, 6.07) is 10.2. The molecule has 0 saturated heterocycles. The lowest BCUT2D eigenvalue weighted by molar-refractivity contribution is -0.205. The van der Waals surface area contributed by atoms with Crippen LogP contribution in [0.15, 0.2) is 48.5 Å². The van der Waals surface area contributed by atoms with E-state index in [1.165, 1.54) is 36.4 Å². The molecule has 0 spiro atoms. The Kier molecular flexibility index (Phi) is 10.2. The number of halogens is 8. The molecular weight excluding hydrogens is 605 g/mol. The first-order chi connectivity index (χ1) is 19.1. The molecule has 41 heavy (non-hydrogen) atoms. The number of aliphatic hydroxyl groups excluding tert-OH is 2. The van der Waals surface area contributed by atoms with Gasteiger partial charge < -0.3 is 15.5 Å². The predicted molar refractivity (Wildman–Crippen MR) is 136 cm³/mol. The van der Waals surface area contributed by atoms with Crippen LogP contribution in [0, 0.1) is 5.41 Å². The fraction of sp³-hybridized carbons (Fsp3) is 0.333. The second kappa shape index (κ2) is 13.1. The number of aryl methyl sites for hydroxylation is 1. The van der Waals surface area contributed by atoms with Crippen LogP contribution in [0.5, 0.6) is 0 Å². The predicted octanol–water partition coefficient (Wildman–Crippen LogP) is 4.89. The van der Waals surface area contributed by atoms with Crippen molar-refractivity contribution in [2.24, 2.45) is 0 Å². The zero-order chi connectivity index (χ0) is 30.5. The van der Waals surface area contributed by atoms with E-state index < -0.39 is 62.4 Å². The average molecular weight is 627 g/mol. The van der Waals surface area contributed by atoms with Crippen LogP contribution in [0.1, 0.15) is 23.6 Å². The van der Waals surface area contributed by atoms with Crippen molar-refractivity contribution >= 4 is 35.1 Å². The molecular formula is C24H22Cl2F6N6O3. The third-order valence-electron chi connectivity index (χ3n) is 5.58. The highest BCUT2D eigenvalue weighted by atomic mass is 35.5. The Morgan fingerprint density at radius 2 is 1.61 bits per heavy atom. The van der Waals surface area contributed by atoms with E-state index in [0.29, 0.717) is 4.90 Å². The maximum Gasteiger partial charge on any atom is 0.416 e. The fourth-order valence-electron chi connectivity index (χ4n) is 3.44. The number of amides is 2. The van der Waals surface area contributed by atoms with Gasteiger partial charge in [-0.3, -0.25) is 10.3 Å². The van der Waals surface area contributed by atoms with Crippen molar-refractivity contribution in [3.05, 3.63) is 75.8 Å². The maximum atomic E-state index is 13.1. The number of amidine groups is 1. The first kappa shape index (κ1) is 32.1. The molecule has 2 atom stereocenters. The van der Waals surface area contributed by atoms with E-state index >= 15 is 0 Å². The quantitative estimate of drug-likeness (QED) is 0.153. The van der Waals surface area contributed by atoms with Gasteiger partial charge in [0.25, 0.3) is 0 Å². The lowest BCUT2D eigenvalue weighted by Gasteiger charge is -2.26. The number of nitrogens with zero attached hydrogens (tertiary/aromatic N) is 4. The molecule has 1 aromatic heterocycles. The number of carbonyl (C=O) groups is 1. The van der Waals surface area contributed by atoms with Crippen LogP contribution >= 0.6 is 23.2 Å². The molecule has 0 aliphatic carbocycles. The molecule has 1 unspecified atom stereocenters. The van der Waals surface area contributed by atoms with Crippen molar-refractivity contribution in [2.45, 2.75) is 43.9 Å². The smallest absolute Gasteiger partial charge is 0.384 e. The third kappa shape index (κ3) is 8.55. The van der Waals surface area contributed by atoms with Gasteiger partial charge in [0.15, 0.2) is 11.9 Å². The zero-order valence-electron chi connectivity index (χ0n) is 20.7. The number of rotatable bonds is 9. The number of para-hydroxylation sites is 1. The second-order valence-electron chi connectivity index (χ2n) is 8.59. The molecule has 222 valence electrons.